The first-order valence-corrected chi connectivity index (χ1v) is 10.2. The summed E-state index contributed by atoms with van der Waals surface area (Å²) >= 11 is 6.07. The molecule has 5 nitrogen and oxygen atoms in total. The second kappa shape index (κ2) is 10.0. The van der Waals surface area contributed by atoms with Crippen molar-refractivity contribution in [3.63, 3.8) is 0 Å². The molecule has 156 valence electrons. The number of hydrogen-bond acceptors (Lipinski definition) is 4. The molecule has 0 bridgehead atoms. The molecule has 2 aromatic heterocycles. The van der Waals surface area contributed by atoms with E-state index in [4.69, 9.17) is 11.6 Å². The zero-order valence-electron chi connectivity index (χ0n) is 16.3. The molecule has 3 rings (SSSR count). The summed E-state index contributed by atoms with van der Waals surface area (Å²) in [4.78, 5) is 4.11. The van der Waals surface area contributed by atoms with Crippen LogP contribution >= 0.6 is 11.6 Å². The van der Waals surface area contributed by atoms with E-state index in [9.17, 15) is 13.9 Å². The molecule has 0 aromatic carbocycles. The predicted molar refractivity (Wildman–Crippen MR) is 109 cm³/mol. The van der Waals surface area contributed by atoms with Crippen LogP contribution in [0, 0.1) is 17.8 Å². The molecule has 8 heteroatoms. The number of alkyl halides is 2. The summed E-state index contributed by atoms with van der Waals surface area (Å²) in [5.74, 6) is 6.56. The average Bonchev–Trinajstić information content (AvgIpc) is 3.09. The lowest BCUT2D eigenvalue weighted by atomic mass is 9.83. The second-order valence-electron chi connectivity index (χ2n) is 7.59. The summed E-state index contributed by atoms with van der Waals surface area (Å²) < 4.78 is 26.1. The van der Waals surface area contributed by atoms with E-state index in [-0.39, 0.29) is 6.10 Å². The van der Waals surface area contributed by atoms with Crippen LogP contribution < -0.4 is 5.32 Å². The lowest BCUT2D eigenvalue weighted by molar-refractivity contribution is 0.122. The zero-order chi connectivity index (χ0) is 20.8. The standard InChI is InChI=1S/C21H25ClF2N4O/c1-14(29)8-15-3-6-18(7-4-15)27-19-9-20(22)25-11-17(19)5-2-16-10-26-28(12-16)13-21(23)24/h9-12,14-15,18,21,29H,3-4,6-8,13H2,1H3,(H,25,27). The van der Waals surface area contributed by atoms with Gasteiger partial charge in [-0.3, -0.25) is 4.68 Å². The number of nitrogens with zero attached hydrogens (tertiary/aromatic N) is 3. The molecule has 0 saturated heterocycles. The maximum absolute atomic E-state index is 12.4. The monoisotopic (exact) mass is 422 g/mol. The first-order chi connectivity index (χ1) is 13.9. The Hall–Kier alpha value is -2.17. The SMILES string of the molecule is CC(O)CC1CCC(Nc2cc(Cl)ncc2C#Cc2cnn(CC(F)F)c2)CC1. The Bertz CT molecular complexity index is 867. The van der Waals surface area contributed by atoms with E-state index in [0.717, 1.165) is 37.8 Å². The summed E-state index contributed by atoms with van der Waals surface area (Å²) in [6, 6.07) is 2.07. The Morgan fingerprint density at radius 3 is 2.72 bits per heavy atom. The zero-order valence-corrected chi connectivity index (χ0v) is 17.0. The van der Waals surface area contributed by atoms with Crippen LogP contribution in [0.15, 0.2) is 24.7 Å². The quantitative estimate of drug-likeness (QED) is 0.537. The van der Waals surface area contributed by atoms with Gasteiger partial charge in [-0.1, -0.05) is 23.4 Å². The van der Waals surface area contributed by atoms with E-state index >= 15 is 0 Å². The summed E-state index contributed by atoms with van der Waals surface area (Å²) in [5.41, 5.74) is 2.07. The third-order valence-electron chi connectivity index (χ3n) is 5.05. The van der Waals surface area contributed by atoms with Gasteiger partial charge < -0.3 is 10.4 Å². The van der Waals surface area contributed by atoms with Gasteiger partial charge in [0.25, 0.3) is 6.43 Å². The van der Waals surface area contributed by atoms with E-state index in [1.807, 2.05) is 6.92 Å². The van der Waals surface area contributed by atoms with Crippen LogP contribution in [0.1, 0.15) is 50.2 Å². The van der Waals surface area contributed by atoms with E-state index in [1.54, 1.807) is 12.3 Å². The lowest BCUT2D eigenvalue weighted by Gasteiger charge is -2.30. The number of aliphatic hydroxyl groups is 1. The topological polar surface area (TPSA) is 63.0 Å². The summed E-state index contributed by atoms with van der Waals surface area (Å²) in [7, 11) is 0. The summed E-state index contributed by atoms with van der Waals surface area (Å²) in [5, 5.41) is 17.4. The van der Waals surface area contributed by atoms with E-state index in [1.165, 1.54) is 17.1 Å². The van der Waals surface area contributed by atoms with Crippen LogP contribution in [0.4, 0.5) is 14.5 Å². The Morgan fingerprint density at radius 1 is 1.28 bits per heavy atom. The molecular weight excluding hydrogens is 398 g/mol. The van der Waals surface area contributed by atoms with Gasteiger partial charge in [0, 0.05) is 18.4 Å². The summed E-state index contributed by atoms with van der Waals surface area (Å²) in [6.45, 7) is 1.39. The first-order valence-electron chi connectivity index (χ1n) is 9.82. The van der Waals surface area contributed by atoms with Crippen molar-refractivity contribution in [1.29, 1.82) is 0 Å². The van der Waals surface area contributed by atoms with Crippen LogP contribution in [-0.4, -0.2) is 38.4 Å². The maximum Gasteiger partial charge on any atom is 0.257 e. The molecule has 1 fully saturated rings. The number of nitrogens with one attached hydrogen (secondary N) is 1. The molecule has 0 amide bonds. The lowest BCUT2D eigenvalue weighted by Crippen LogP contribution is -2.27. The highest BCUT2D eigenvalue weighted by Crippen LogP contribution is 2.30. The minimum absolute atomic E-state index is 0.254. The van der Waals surface area contributed by atoms with Crippen molar-refractivity contribution in [3.8, 4) is 11.8 Å². The van der Waals surface area contributed by atoms with Crippen LogP contribution in [0.2, 0.25) is 5.15 Å². The average molecular weight is 423 g/mol. The molecule has 0 aliphatic heterocycles. The van der Waals surface area contributed by atoms with Gasteiger partial charge in [-0.15, -0.1) is 0 Å². The van der Waals surface area contributed by atoms with Gasteiger partial charge in [-0.2, -0.15) is 5.10 Å². The molecule has 0 radical (unpaired) electrons. The van der Waals surface area contributed by atoms with Gasteiger partial charge in [-0.05, 0) is 51.0 Å². The number of hydrogen-bond donors (Lipinski definition) is 2. The highest BCUT2D eigenvalue weighted by Gasteiger charge is 2.22. The van der Waals surface area contributed by atoms with Crippen molar-refractivity contribution in [1.82, 2.24) is 14.8 Å². The van der Waals surface area contributed by atoms with Crippen molar-refractivity contribution in [2.45, 2.75) is 64.1 Å². The van der Waals surface area contributed by atoms with Crippen molar-refractivity contribution < 1.29 is 13.9 Å². The molecule has 2 heterocycles. The molecule has 1 aliphatic carbocycles. The van der Waals surface area contributed by atoms with E-state index in [0.29, 0.717) is 28.2 Å². The summed E-state index contributed by atoms with van der Waals surface area (Å²) in [6.07, 6.45) is 6.91. The molecule has 29 heavy (non-hydrogen) atoms. The highest BCUT2D eigenvalue weighted by molar-refractivity contribution is 6.29. The molecule has 2 aromatic rings. The van der Waals surface area contributed by atoms with E-state index < -0.39 is 13.0 Å². The molecule has 1 saturated carbocycles. The highest BCUT2D eigenvalue weighted by atomic mass is 35.5. The van der Waals surface area contributed by atoms with Crippen molar-refractivity contribution in [2.75, 3.05) is 5.32 Å². The number of aliphatic hydroxyl groups excluding tert-OH is 1. The van der Waals surface area contributed by atoms with Gasteiger partial charge in [-0.25, -0.2) is 13.8 Å². The molecule has 1 atom stereocenters. The second-order valence-corrected chi connectivity index (χ2v) is 7.98. The third kappa shape index (κ3) is 6.69. The molecule has 1 aliphatic rings. The molecular formula is C21H25ClF2N4O. The number of pyridine rings is 1. The minimum Gasteiger partial charge on any atom is -0.393 e. The van der Waals surface area contributed by atoms with Gasteiger partial charge in [0.15, 0.2) is 0 Å². The number of halogens is 3. The maximum atomic E-state index is 12.4. The van der Waals surface area contributed by atoms with Crippen molar-refractivity contribution >= 4 is 17.3 Å². The van der Waals surface area contributed by atoms with Gasteiger partial charge in [0.05, 0.1) is 29.1 Å². The van der Waals surface area contributed by atoms with Gasteiger partial charge in [0.2, 0.25) is 0 Å². The third-order valence-corrected chi connectivity index (χ3v) is 5.26. The van der Waals surface area contributed by atoms with Crippen LogP contribution in [-0.2, 0) is 6.54 Å². The van der Waals surface area contributed by atoms with Crippen LogP contribution in [0.25, 0.3) is 0 Å². The number of anilines is 1. The normalized spacial score (nSPS) is 20.2. The fourth-order valence-corrected chi connectivity index (χ4v) is 3.86. The molecule has 2 N–H and O–H groups in total. The van der Waals surface area contributed by atoms with Crippen LogP contribution in [0.3, 0.4) is 0 Å². The van der Waals surface area contributed by atoms with E-state index in [2.05, 4.69) is 27.2 Å². The number of aromatic nitrogens is 3. The fraction of sp³-hybridized carbons (Fsp3) is 0.524. The van der Waals surface area contributed by atoms with Crippen molar-refractivity contribution in [3.05, 3.63) is 40.9 Å². The predicted octanol–water partition coefficient (Wildman–Crippen LogP) is 4.34. The largest absolute Gasteiger partial charge is 0.393 e. The minimum atomic E-state index is -2.46. The Kier molecular flexibility index (Phi) is 7.45. The Morgan fingerprint density at radius 2 is 2.03 bits per heavy atom. The Labute approximate surface area is 174 Å². The van der Waals surface area contributed by atoms with Crippen LogP contribution in [0.5, 0.6) is 0 Å². The van der Waals surface area contributed by atoms with Gasteiger partial charge >= 0.3 is 0 Å². The van der Waals surface area contributed by atoms with Gasteiger partial charge in [0.1, 0.15) is 11.7 Å². The fourth-order valence-electron chi connectivity index (χ4n) is 3.70. The smallest absolute Gasteiger partial charge is 0.257 e. The van der Waals surface area contributed by atoms with Crippen molar-refractivity contribution in [2.24, 2.45) is 5.92 Å². The Balaban J connectivity index is 1.67. The number of rotatable bonds is 6. The molecule has 0 spiro atoms. The molecule has 1 unspecified atom stereocenters. The first kappa shape index (κ1) is 21.5.